The molecule has 4 aliphatic rings. The lowest BCUT2D eigenvalue weighted by Gasteiger charge is -2.44. The van der Waals surface area contributed by atoms with Crippen LogP contribution in [-0.2, 0) is 24.7 Å². The molecule has 4 heteroatoms. The van der Waals surface area contributed by atoms with Gasteiger partial charge in [-0.3, -0.25) is 9.59 Å². The highest BCUT2D eigenvalue weighted by atomic mass is 16.6. The van der Waals surface area contributed by atoms with Crippen LogP contribution in [0.1, 0.15) is 63.9 Å². The molecule has 2 aliphatic heterocycles. The summed E-state index contributed by atoms with van der Waals surface area (Å²) in [5.74, 6) is -0.315. The second kappa shape index (κ2) is 4.66. The summed E-state index contributed by atoms with van der Waals surface area (Å²) in [6.45, 7) is 1.97. The molecule has 1 aromatic carbocycles. The Morgan fingerprint density at radius 2 is 1.28 bits per heavy atom. The average molecular weight is 340 g/mol. The number of carbonyl (C=O) groups is 2. The van der Waals surface area contributed by atoms with E-state index in [0.717, 1.165) is 56.9 Å². The third-order valence-corrected chi connectivity index (χ3v) is 7.68. The van der Waals surface area contributed by atoms with E-state index in [1.54, 1.807) is 0 Å². The van der Waals surface area contributed by atoms with Gasteiger partial charge in [0.25, 0.3) is 0 Å². The molecule has 0 unspecified atom stereocenters. The fourth-order valence-electron chi connectivity index (χ4n) is 6.49. The number of carbonyl (C=O) groups excluding carboxylic acids is 2. The minimum absolute atomic E-state index is 0.157. The van der Waals surface area contributed by atoms with Crippen molar-refractivity contribution in [1.82, 2.24) is 0 Å². The first-order valence-electron chi connectivity index (χ1n) is 9.55. The largest absolute Gasteiger partial charge is 0.453 e. The zero-order chi connectivity index (χ0) is 17.3. The number of fused-ring (bicyclic) bond motifs is 3. The molecule has 2 heterocycles. The van der Waals surface area contributed by atoms with E-state index in [1.807, 2.05) is 37.3 Å². The van der Waals surface area contributed by atoms with Crippen molar-refractivity contribution in [2.45, 2.75) is 69.5 Å². The first-order chi connectivity index (χ1) is 12.0. The third-order valence-electron chi connectivity index (χ3n) is 7.68. The van der Waals surface area contributed by atoms with Crippen molar-refractivity contribution in [3.05, 3.63) is 35.9 Å². The molecular weight excluding hydrogens is 316 g/mol. The normalized spacial score (nSPS) is 37.5. The highest BCUT2D eigenvalue weighted by molar-refractivity contribution is 5.92. The van der Waals surface area contributed by atoms with Crippen molar-refractivity contribution in [3.8, 4) is 0 Å². The van der Waals surface area contributed by atoms with Gasteiger partial charge in [0.1, 0.15) is 10.8 Å². The summed E-state index contributed by atoms with van der Waals surface area (Å²) >= 11 is 0. The average Bonchev–Trinajstić information content (AvgIpc) is 3.35. The summed E-state index contributed by atoms with van der Waals surface area (Å²) < 4.78 is 12.5. The maximum Gasteiger partial charge on any atom is 0.317 e. The van der Waals surface area contributed by atoms with Gasteiger partial charge in [-0.15, -0.1) is 0 Å². The lowest BCUT2D eigenvalue weighted by molar-refractivity contribution is -0.169. The first kappa shape index (κ1) is 15.4. The Balaban J connectivity index is 1.82. The number of hydrogen-bond acceptors (Lipinski definition) is 4. The van der Waals surface area contributed by atoms with E-state index in [9.17, 15) is 9.59 Å². The molecule has 2 saturated carbocycles. The molecule has 2 spiro atoms. The van der Waals surface area contributed by atoms with Crippen LogP contribution in [0.3, 0.4) is 0 Å². The Hall–Kier alpha value is -1.84. The second-order valence-corrected chi connectivity index (χ2v) is 8.44. The molecular formula is C21H24O4. The summed E-state index contributed by atoms with van der Waals surface area (Å²) in [7, 11) is 0. The minimum Gasteiger partial charge on any atom is -0.453 e. The van der Waals surface area contributed by atoms with Crippen LogP contribution in [0.5, 0.6) is 0 Å². The molecule has 0 aromatic heterocycles. The number of ether oxygens (including phenoxy) is 2. The van der Waals surface area contributed by atoms with E-state index >= 15 is 0 Å². The molecule has 2 saturated heterocycles. The van der Waals surface area contributed by atoms with Crippen molar-refractivity contribution >= 4 is 11.9 Å². The summed E-state index contributed by atoms with van der Waals surface area (Å²) in [6.07, 6.45) is 6.90. The van der Waals surface area contributed by atoms with E-state index in [2.05, 4.69) is 0 Å². The van der Waals surface area contributed by atoms with Crippen LogP contribution in [0.15, 0.2) is 30.3 Å². The van der Waals surface area contributed by atoms with Crippen LogP contribution in [-0.4, -0.2) is 17.5 Å². The maximum atomic E-state index is 13.2. The standard InChI is InChI=1S/C21H24O4/c1-18-19(11-5-6-12-19)16(22)25-21(18,15-9-3-2-4-10-15)20(17(23)24-18)13-7-8-14-20/h2-4,9-10H,5-8,11-14H2,1H3/t18-,21-/m1/s1. The van der Waals surface area contributed by atoms with Crippen molar-refractivity contribution in [2.24, 2.45) is 10.8 Å². The van der Waals surface area contributed by atoms with Gasteiger partial charge in [-0.1, -0.05) is 56.0 Å². The van der Waals surface area contributed by atoms with Crippen molar-refractivity contribution in [2.75, 3.05) is 0 Å². The number of esters is 2. The van der Waals surface area contributed by atoms with Crippen LogP contribution >= 0.6 is 0 Å². The van der Waals surface area contributed by atoms with Gasteiger partial charge in [-0.2, -0.15) is 0 Å². The van der Waals surface area contributed by atoms with Crippen LogP contribution in [0, 0.1) is 10.8 Å². The van der Waals surface area contributed by atoms with Crippen molar-refractivity contribution < 1.29 is 19.1 Å². The van der Waals surface area contributed by atoms with Gasteiger partial charge in [0.2, 0.25) is 0 Å². The molecule has 2 aliphatic carbocycles. The number of benzene rings is 1. The van der Waals surface area contributed by atoms with Crippen molar-refractivity contribution in [3.63, 3.8) is 0 Å². The molecule has 4 fully saturated rings. The summed E-state index contributed by atoms with van der Waals surface area (Å²) in [5.41, 5.74) is -2.41. The third kappa shape index (κ3) is 1.44. The van der Waals surface area contributed by atoms with E-state index < -0.39 is 22.0 Å². The lowest BCUT2D eigenvalue weighted by atomic mass is 9.56. The molecule has 0 amide bonds. The van der Waals surface area contributed by atoms with Gasteiger partial charge in [-0.05, 0) is 32.6 Å². The van der Waals surface area contributed by atoms with Crippen LogP contribution in [0.4, 0.5) is 0 Å². The van der Waals surface area contributed by atoms with Gasteiger partial charge >= 0.3 is 11.9 Å². The van der Waals surface area contributed by atoms with Gasteiger partial charge in [0.15, 0.2) is 11.2 Å². The van der Waals surface area contributed by atoms with Crippen LogP contribution in [0.2, 0.25) is 0 Å². The Kier molecular flexibility index (Phi) is 2.87. The SMILES string of the molecule is C[C@]12OC(=O)C3(CCCC3)[C@]1(c1ccccc1)OC(=O)C21CCCC1. The molecule has 2 atom stereocenters. The van der Waals surface area contributed by atoms with E-state index in [0.29, 0.717) is 0 Å². The Morgan fingerprint density at radius 3 is 1.88 bits per heavy atom. The fourth-order valence-corrected chi connectivity index (χ4v) is 6.49. The summed E-state index contributed by atoms with van der Waals surface area (Å²) in [6, 6.07) is 9.88. The van der Waals surface area contributed by atoms with E-state index in [-0.39, 0.29) is 11.9 Å². The first-order valence-corrected chi connectivity index (χ1v) is 9.55. The summed E-state index contributed by atoms with van der Waals surface area (Å²) in [5, 5.41) is 0. The highest BCUT2D eigenvalue weighted by Gasteiger charge is 2.86. The van der Waals surface area contributed by atoms with Crippen molar-refractivity contribution in [1.29, 1.82) is 0 Å². The quantitative estimate of drug-likeness (QED) is 0.728. The number of hydrogen-bond donors (Lipinski definition) is 0. The van der Waals surface area contributed by atoms with E-state index in [4.69, 9.17) is 9.47 Å². The molecule has 5 rings (SSSR count). The second-order valence-electron chi connectivity index (χ2n) is 8.44. The zero-order valence-electron chi connectivity index (χ0n) is 14.7. The lowest BCUT2D eigenvalue weighted by Crippen LogP contribution is -2.57. The Bertz CT molecular complexity index is 740. The molecule has 132 valence electrons. The molecule has 25 heavy (non-hydrogen) atoms. The Morgan fingerprint density at radius 1 is 0.760 bits per heavy atom. The predicted molar refractivity (Wildman–Crippen MR) is 90.5 cm³/mol. The molecule has 0 radical (unpaired) electrons. The molecule has 0 bridgehead atoms. The fraction of sp³-hybridized carbons (Fsp3) is 0.619. The molecule has 0 N–H and O–H groups in total. The van der Waals surface area contributed by atoms with Gasteiger partial charge < -0.3 is 9.47 Å². The molecule has 4 nitrogen and oxygen atoms in total. The summed E-state index contributed by atoms with van der Waals surface area (Å²) in [4.78, 5) is 26.5. The van der Waals surface area contributed by atoms with Gasteiger partial charge in [-0.25, -0.2) is 0 Å². The topological polar surface area (TPSA) is 52.6 Å². The monoisotopic (exact) mass is 340 g/mol. The smallest absolute Gasteiger partial charge is 0.317 e. The van der Waals surface area contributed by atoms with E-state index in [1.165, 1.54) is 0 Å². The van der Waals surface area contributed by atoms with Crippen LogP contribution in [0.25, 0.3) is 0 Å². The Labute approximate surface area is 147 Å². The van der Waals surface area contributed by atoms with Gasteiger partial charge in [0.05, 0.1) is 0 Å². The number of rotatable bonds is 1. The predicted octanol–water partition coefficient (Wildman–Crippen LogP) is 3.88. The zero-order valence-corrected chi connectivity index (χ0v) is 14.7. The maximum absolute atomic E-state index is 13.2. The van der Waals surface area contributed by atoms with Gasteiger partial charge in [0, 0.05) is 5.56 Å². The highest BCUT2D eigenvalue weighted by Crippen LogP contribution is 2.74. The minimum atomic E-state index is -0.990. The van der Waals surface area contributed by atoms with Crippen LogP contribution < -0.4 is 0 Å². The molecule has 1 aromatic rings.